The highest BCUT2D eigenvalue weighted by atomic mass is 16.5. The molecule has 4 saturated carbocycles. The Hall–Kier alpha value is -0.670. The fourth-order valence-electron chi connectivity index (χ4n) is 8.06. The molecule has 0 heterocycles. The SMILES string of the molecule is COC[C@]1(O)C[C@H]2C[C@]23[C@@H]2CCC4=CC(=O)CC[C@@H]4[C@H]2CC[C@]13C. The van der Waals surface area contributed by atoms with Crippen LogP contribution in [0.2, 0.25) is 0 Å². The number of hydrogen-bond donors (Lipinski definition) is 1. The molecule has 0 aromatic carbocycles. The summed E-state index contributed by atoms with van der Waals surface area (Å²) in [5, 5.41) is 11.4. The van der Waals surface area contributed by atoms with Gasteiger partial charge in [-0.15, -0.1) is 0 Å². The van der Waals surface area contributed by atoms with E-state index in [1.54, 1.807) is 7.11 Å². The van der Waals surface area contributed by atoms with Gasteiger partial charge in [0.05, 0.1) is 12.2 Å². The summed E-state index contributed by atoms with van der Waals surface area (Å²) in [4.78, 5) is 11.8. The summed E-state index contributed by atoms with van der Waals surface area (Å²) < 4.78 is 5.45. The van der Waals surface area contributed by atoms with Gasteiger partial charge in [-0.25, -0.2) is 0 Å². The molecule has 3 heteroatoms. The zero-order valence-electron chi connectivity index (χ0n) is 15.0. The summed E-state index contributed by atoms with van der Waals surface area (Å²) >= 11 is 0. The summed E-state index contributed by atoms with van der Waals surface area (Å²) in [6, 6.07) is 0. The summed E-state index contributed by atoms with van der Waals surface area (Å²) in [6.07, 6.45) is 10.8. The number of allylic oxidation sites excluding steroid dienone is 1. The molecular weight excluding hydrogens is 300 g/mol. The van der Waals surface area contributed by atoms with Crippen molar-refractivity contribution in [1.82, 2.24) is 0 Å². The maximum atomic E-state index is 11.8. The van der Waals surface area contributed by atoms with E-state index in [1.165, 1.54) is 24.8 Å². The van der Waals surface area contributed by atoms with E-state index in [2.05, 4.69) is 6.92 Å². The summed E-state index contributed by atoms with van der Waals surface area (Å²) in [6.45, 7) is 2.85. The van der Waals surface area contributed by atoms with Gasteiger partial charge >= 0.3 is 0 Å². The Labute approximate surface area is 144 Å². The molecule has 0 aliphatic heterocycles. The van der Waals surface area contributed by atoms with Crippen LogP contribution < -0.4 is 0 Å². The van der Waals surface area contributed by atoms with E-state index in [0.29, 0.717) is 29.6 Å². The molecule has 3 nitrogen and oxygen atoms in total. The van der Waals surface area contributed by atoms with Crippen molar-refractivity contribution in [2.45, 2.75) is 63.9 Å². The number of carbonyl (C=O) groups is 1. The second-order valence-corrected chi connectivity index (χ2v) is 9.62. The second kappa shape index (κ2) is 4.73. The van der Waals surface area contributed by atoms with Gasteiger partial charge in [0.1, 0.15) is 0 Å². The Balaban J connectivity index is 1.50. The first kappa shape index (κ1) is 15.6. The van der Waals surface area contributed by atoms with E-state index in [4.69, 9.17) is 4.74 Å². The van der Waals surface area contributed by atoms with Crippen molar-refractivity contribution in [3.63, 3.8) is 0 Å². The van der Waals surface area contributed by atoms with E-state index in [9.17, 15) is 9.90 Å². The van der Waals surface area contributed by atoms with Crippen LogP contribution >= 0.6 is 0 Å². The lowest BCUT2D eigenvalue weighted by Gasteiger charge is -2.58. The zero-order valence-corrected chi connectivity index (χ0v) is 15.0. The third-order valence-corrected chi connectivity index (χ3v) is 9.12. The summed E-state index contributed by atoms with van der Waals surface area (Å²) in [5.74, 6) is 3.20. The quantitative estimate of drug-likeness (QED) is 0.843. The van der Waals surface area contributed by atoms with Gasteiger partial charge in [0, 0.05) is 18.9 Å². The first-order chi connectivity index (χ1) is 11.5. The van der Waals surface area contributed by atoms with E-state index in [0.717, 1.165) is 43.9 Å². The standard InChI is InChI=1S/C21H30O3/c1-19-8-7-17-16-5-4-15(22)9-13(16)3-6-18(17)21(19)11-14(21)10-20(19,23)12-24-2/h9,14,16-18,23H,3-8,10-12H2,1-2H3/t14-,16-,17+,18+,19+,20+,21+/m0/s1. The van der Waals surface area contributed by atoms with Crippen LogP contribution in [0.4, 0.5) is 0 Å². The molecule has 1 spiro atoms. The average molecular weight is 330 g/mol. The van der Waals surface area contributed by atoms with Crippen LogP contribution in [0.5, 0.6) is 0 Å². The molecule has 24 heavy (non-hydrogen) atoms. The zero-order chi connectivity index (χ0) is 16.7. The van der Waals surface area contributed by atoms with Crippen LogP contribution in [0.3, 0.4) is 0 Å². The first-order valence-electron chi connectivity index (χ1n) is 9.90. The van der Waals surface area contributed by atoms with Crippen molar-refractivity contribution in [1.29, 1.82) is 0 Å². The van der Waals surface area contributed by atoms with Gasteiger partial charge in [-0.3, -0.25) is 4.79 Å². The van der Waals surface area contributed by atoms with Gasteiger partial charge in [0.15, 0.2) is 5.78 Å². The largest absolute Gasteiger partial charge is 0.387 e. The Kier molecular flexibility index (Phi) is 3.07. The number of ketones is 1. The molecule has 0 radical (unpaired) electrons. The van der Waals surface area contributed by atoms with Crippen molar-refractivity contribution < 1.29 is 14.6 Å². The maximum absolute atomic E-state index is 11.8. The number of carbonyl (C=O) groups excluding carboxylic acids is 1. The van der Waals surface area contributed by atoms with Gasteiger partial charge in [-0.2, -0.15) is 0 Å². The van der Waals surface area contributed by atoms with Gasteiger partial charge in [0.25, 0.3) is 0 Å². The van der Waals surface area contributed by atoms with Crippen molar-refractivity contribution >= 4 is 5.78 Å². The predicted molar refractivity (Wildman–Crippen MR) is 91.4 cm³/mol. The number of ether oxygens (including phenoxy) is 1. The monoisotopic (exact) mass is 330 g/mol. The fraction of sp³-hybridized carbons (Fsp3) is 0.857. The topological polar surface area (TPSA) is 46.5 Å². The molecule has 0 unspecified atom stereocenters. The van der Waals surface area contributed by atoms with E-state index < -0.39 is 5.60 Å². The van der Waals surface area contributed by atoms with Crippen LogP contribution in [0.25, 0.3) is 0 Å². The Morgan fingerprint density at radius 1 is 1.25 bits per heavy atom. The van der Waals surface area contributed by atoms with Gasteiger partial charge < -0.3 is 9.84 Å². The van der Waals surface area contributed by atoms with Crippen LogP contribution in [0.1, 0.15) is 58.3 Å². The molecule has 4 fully saturated rings. The lowest BCUT2D eigenvalue weighted by atomic mass is 9.48. The van der Waals surface area contributed by atoms with Crippen LogP contribution in [-0.4, -0.2) is 30.2 Å². The number of aliphatic hydroxyl groups is 1. The molecule has 1 N–H and O–H groups in total. The lowest BCUT2D eigenvalue weighted by Crippen LogP contribution is -2.57. The minimum atomic E-state index is -0.631. The average Bonchev–Trinajstić information content (AvgIpc) is 3.20. The predicted octanol–water partition coefficient (Wildman–Crippen LogP) is 3.51. The molecule has 7 atom stereocenters. The Morgan fingerprint density at radius 3 is 2.88 bits per heavy atom. The van der Waals surface area contributed by atoms with Crippen LogP contribution in [0, 0.1) is 34.5 Å². The number of methoxy groups -OCH3 is 1. The highest BCUT2D eigenvalue weighted by Gasteiger charge is 2.81. The minimum absolute atomic E-state index is 0.0214. The molecular formula is C21H30O3. The fourth-order valence-corrected chi connectivity index (χ4v) is 8.06. The molecule has 0 aromatic rings. The second-order valence-electron chi connectivity index (χ2n) is 9.62. The maximum Gasteiger partial charge on any atom is 0.155 e. The Morgan fingerprint density at radius 2 is 2.08 bits per heavy atom. The van der Waals surface area contributed by atoms with Gasteiger partial charge in [0.2, 0.25) is 0 Å². The molecule has 5 aliphatic carbocycles. The van der Waals surface area contributed by atoms with Crippen LogP contribution in [-0.2, 0) is 9.53 Å². The molecule has 0 aromatic heterocycles. The van der Waals surface area contributed by atoms with Crippen molar-refractivity contribution in [2.75, 3.05) is 13.7 Å². The van der Waals surface area contributed by atoms with Gasteiger partial charge in [-0.1, -0.05) is 12.5 Å². The molecule has 0 bridgehead atoms. The number of hydrogen-bond acceptors (Lipinski definition) is 3. The number of fused-ring (bicyclic) bond motifs is 3. The molecule has 5 rings (SSSR count). The number of rotatable bonds is 2. The normalized spacial score (nSPS) is 55.1. The van der Waals surface area contributed by atoms with Crippen molar-refractivity contribution in [3.8, 4) is 0 Å². The smallest absolute Gasteiger partial charge is 0.155 e. The van der Waals surface area contributed by atoms with Gasteiger partial charge in [-0.05, 0) is 80.1 Å². The highest BCUT2D eigenvalue weighted by molar-refractivity contribution is 5.91. The van der Waals surface area contributed by atoms with E-state index in [-0.39, 0.29) is 5.41 Å². The Bertz CT molecular complexity index is 625. The molecule has 132 valence electrons. The summed E-state index contributed by atoms with van der Waals surface area (Å²) in [7, 11) is 1.72. The molecule has 0 amide bonds. The summed E-state index contributed by atoms with van der Waals surface area (Å²) in [5.41, 5.74) is 1.20. The van der Waals surface area contributed by atoms with Crippen LogP contribution in [0.15, 0.2) is 11.6 Å². The van der Waals surface area contributed by atoms with E-state index in [1.807, 2.05) is 6.08 Å². The lowest BCUT2D eigenvalue weighted by molar-refractivity contribution is -0.167. The highest BCUT2D eigenvalue weighted by Crippen LogP contribution is 2.83. The van der Waals surface area contributed by atoms with Crippen molar-refractivity contribution in [3.05, 3.63) is 11.6 Å². The molecule has 5 aliphatic rings. The third-order valence-electron chi connectivity index (χ3n) is 9.12. The molecule has 0 saturated heterocycles. The van der Waals surface area contributed by atoms with Crippen molar-refractivity contribution in [2.24, 2.45) is 34.5 Å². The third kappa shape index (κ3) is 1.64. The minimum Gasteiger partial charge on any atom is -0.387 e. The first-order valence-corrected chi connectivity index (χ1v) is 9.90. The van der Waals surface area contributed by atoms with E-state index >= 15 is 0 Å².